The highest BCUT2D eigenvalue weighted by molar-refractivity contribution is 6.20. The van der Waals surface area contributed by atoms with E-state index in [1.807, 2.05) is 25.7 Å². The number of nitrogens with zero attached hydrogens (tertiary/aromatic N) is 2. The van der Waals surface area contributed by atoms with Crippen LogP contribution in [0.5, 0.6) is 0 Å². The average molecular weight is 219 g/mol. The van der Waals surface area contributed by atoms with Gasteiger partial charge in [-0.15, -0.1) is 11.6 Å². The molecule has 1 aliphatic heterocycles. The molecule has 0 saturated carbocycles. The van der Waals surface area contributed by atoms with Crippen molar-refractivity contribution in [2.45, 2.75) is 26.3 Å². The number of rotatable bonds is 2. The van der Waals surface area contributed by atoms with Crippen LogP contribution in [0.1, 0.15) is 20.8 Å². The number of carbonyl (C=O) groups is 1. The summed E-state index contributed by atoms with van der Waals surface area (Å²) in [5.41, 5.74) is 0.0753. The van der Waals surface area contributed by atoms with Crippen molar-refractivity contribution in [3.8, 4) is 0 Å². The number of alkyl halides is 1. The minimum atomic E-state index is 0.0753. The Morgan fingerprint density at radius 3 is 2.00 bits per heavy atom. The largest absolute Gasteiger partial charge is 0.340 e. The van der Waals surface area contributed by atoms with E-state index in [1.54, 1.807) is 0 Å². The Bertz CT molecular complexity index is 198. The predicted molar refractivity (Wildman–Crippen MR) is 58.3 cm³/mol. The molecule has 1 aliphatic rings. The fraction of sp³-hybridized carbons (Fsp3) is 0.900. The molecule has 1 amide bonds. The fourth-order valence-electron chi connectivity index (χ4n) is 1.66. The van der Waals surface area contributed by atoms with Crippen molar-refractivity contribution < 1.29 is 4.79 Å². The van der Waals surface area contributed by atoms with Crippen molar-refractivity contribution in [2.24, 2.45) is 5.92 Å². The summed E-state index contributed by atoms with van der Waals surface area (Å²) in [6.07, 6.45) is 0. The van der Waals surface area contributed by atoms with Crippen molar-refractivity contribution in [3.05, 3.63) is 0 Å². The van der Waals surface area contributed by atoms with Gasteiger partial charge in [0.1, 0.15) is 0 Å². The van der Waals surface area contributed by atoms with Crippen LogP contribution in [0.3, 0.4) is 0 Å². The number of hydrogen-bond donors (Lipinski definition) is 0. The molecule has 1 heterocycles. The van der Waals surface area contributed by atoms with Gasteiger partial charge in [0, 0.05) is 32.1 Å². The highest BCUT2D eigenvalue weighted by Gasteiger charge is 2.24. The van der Waals surface area contributed by atoms with Crippen molar-refractivity contribution >= 4 is 17.5 Å². The monoisotopic (exact) mass is 218 g/mol. The first-order chi connectivity index (χ1) is 6.52. The molecule has 0 bridgehead atoms. The molecule has 14 heavy (non-hydrogen) atoms. The smallest absolute Gasteiger partial charge is 0.225 e. The minimum Gasteiger partial charge on any atom is -0.340 e. The Morgan fingerprint density at radius 1 is 1.14 bits per heavy atom. The highest BCUT2D eigenvalue weighted by Crippen LogP contribution is 2.11. The van der Waals surface area contributed by atoms with Crippen LogP contribution in [0.2, 0.25) is 0 Å². The van der Waals surface area contributed by atoms with E-state index in [9.17, 15) is 4.79 Å². The number of halogens is 1. The van der Waals surface area contributed by atoms with Gasteiger partial charge in [-0.05, 0) is 6.92 Å². The molecule has 0 aliphatic carbocycles. The minimum absolute atomic E-state index is 0.0753. The van der Waals surface area contributed by atoms with Crippen LogP contribution in [0.4, 0.5) is 0 Å². The van der Waals surface area contributed by atoms with Crippen LogP contribution in [0, 0.1) is 5.92 Å². The summed E-state index contributed by atoms with van der Waals surface area (Å²) in [4.78, 5) is 15.8. The van der Waals surface area contributed by atoms with Crippen LogP contribution >= 0.6 is 11.6 Å². The molecule has 1 atom stereocenters. The first kappa shape index (κ1) is 11.8. The fourth-order valence-corrected chi connectivity index (χ4v) is 1.86. The number of carbonyl (C=O) groups excluding carboxylic acids is 1. The maximum atomic E-state index is 11.6. The van der Waals surface area contributed by atoms with E-state index < -0.39 is 0 Å². The lowest BCUT2D eigenvalue weighted by Crippen LogP contribution is -2.51. The van der Waals surface area contributed by atoms with Gasteiger partial charge < -0.3 is 4.90 Å². The summed E-state index contributed by atoms with van der Waals surface area (Å²) >= 11 is 5.97. The summed E-state index contributed by atoms with van der Waals surface area (Å²) < 4.78 is 0. The van der Waals surface area contributed by atoms with E-state index in [4.69, 9.17) is 11.6 Å². The standard InChI is InChI=1S/C10H19ClN2O/c1-8(2)10(14)13-6-4-12(5-7-13)9(3)11/h8-9H,4-7H2,1-3H3. The first-order valence-corrected chi connectivity index (χ1v) is 5.63. The van der Waals surface area contributed by atoms with Crippen LogP contribution in [0.15, 0.2) is 0 Å². The lowest BCUT2D eigenvalue weighted by Gasteiger charge is -2.36. The molecule has 3 nitrogen and oxygen atoms in total. The Labute approximate surface area is 91.0 Å². The molecule has 0 radical (unpaired) electrons. The van der Waals surface area contributed by atoms with E-state index in [2.05, 4.69) is 4.90 Å². The highest BCUT2D eigenvalue weighted by atomic mass is 35.5. The van der Waals surface area contributed by atoms with E-state index in [0.717, 1.165) is 26.2 Å². The lowest BCUT2D eigenvalue weighted by molar-refractivity contribution is -0.136. The molecule has 0 aromatic rings. The Morgan fingerprint density at radius 2 is 1.64 bits per heavy atom. The van der Waals surface area contributed by atoms with Crippen LogP contribution in [-0.2, 0) is 4.79 Å². The third-order valence-corrected chi connectivity index (χ3v) is 2.90. The zero-order valence-electron chi connectivity index (χ0n) is 9.16. The zero-order valence-corrected chi connectivity index (χ0v) is 9.92. The summed E-state index contributed by atoms with van der Waals surface area (Å²) in [6.45, 7) is 9.27. The van der Waals surface area contributed by atoms with Gasteiger partial charge in [0.15, 0.2) is 0 Å². The normalized spacial score (nSPS) is 21.4. The summed E-state index contributed by atoms with van der Waals surface area (Å²) in [6, 6.07) is 0. The summed E-state index contributed by atoms with van der Waals surface area (Å²) in [7, 11) is 0. The molecule has 4 heteroatoms. The number of amides is 1. The Kier molecular flexibility index (Phi) is 4.20. The van der Waals surface area contributed by atoms with E-state index >= 15 is 0 Å². The average Bonchev–Trinajstić information content (AvgIpc) is 2.16. The third kappa shape index (κ3) is 2.85. The molecule has 0 N–H and O–H groups in total. The molecule has 0 aromatic heterocycles. The van der Waals surface area contributed by atoms with Crippen LogP contribution < -0.4 is 0 Å². The molecular formula is C10H19ClN2O. The van der Waals surface area contributed by atoms with Crippen molar-refractivity contribution in [3.63, 3.8) is 0 Å². The molecule has 0 spiro atoms. The SMILES string of the molecule is CC(C)C(=O)N1CCN(C(C)Cl)CC1. The van der Waals surface area contributed by atoms with Crippen molar-refractivity contribution in [1.82, 2.24) is 9.80 Å². The second-order valence-electron chi connectivity index (χ2n) is 4.09. The Balaban J connectivity index is 2.39. The quantitative estimate of drug-likeness (QED) is 0.517. The molecule has 1 unspecified atom stereocenters. The molecule has 82 valence electrons. The van der Waals surface area contributed by atoms with Crippen molar-refractivity contribution in [2.75, 3.05) is 26.2 Å². The summed E-state index contributed by atoms with van der Waals surface area (Å²) in [5.74, 6) is 0.363. The molecular weight excluding hydrogens is 200 g/mol. The third-order valence-electron chi connectivity index (χ3n) is 2.62. The van der Waals surface area contributed by atoms with Gasteiger partial charge in [-0.2, -0.15) is 0 Å². The van der Waals surface area contributed by atoms with Gasteiger partial charge in [-0.3, -0.25) is 9.69 Å². The topological polar surface area (TPSA) is 23.6 Å². The predicted octanol–water partition coefficient (Wildman–Crippen LogP) is 1.37. The van der Waals surface area contributed by atoms with E-state index in [0.29, 0.717) is 0 Å². The van der Waals surface area contributed by atoms with E-state index in [1.165, 1.54) is 0 Å². The van der Waals surface area contributed by atoms with Gasteiger partial charge >= 0.3 is 0 Å². The maximum absolute atomic E-state index is 11.6. The van der Waals surface area contributed by atoms with Crippen molar-refractivity contribution in [1.29, 1.82) is 0 Å². The van der Waals surface area contributed by atoms with Gasteiger partial charge in [-0.25, -0.2) is 0 Å². The van der Waals surface area contributed by atoms with Gasteiger partial charge in [0.05, 0.1) is 5.50 Å². The van der Waals surface area contributed by atoms with E-state index in [-0.39, 0.29) is 17.3 Å². The number of piperazine rings is 1. The Hall–Kier alpha value is -0.280. The second-order valence-corrected chi connectivity index (χ2v) is 4.72. The molecule has 1 rings (SSSR count). The van der Waals surface area contributed by atoms with Crippen LogP contribution in [-0.4, -0.2) is 47.4 Å². The van der Waals surface area contributed by atoms with Gasteiger partial charge in [0.2, 0.25) is 5.91 Å². The molecule has 1 saturated heterocycles. The first-order valence-electron chi connectivity index (χ1n) is 5.19. The molecule has 1 fully saturated rings. The van der Waals surface area contributed by atoms with Gasteiger partial charge in [-0.1, -0.05) is 13.8 Å². The second kappa shape index (κ2) is 4.99. The maximum Gasteiger partial charge on any atom is 0.225 e. The van der Waals surface area contributed by atoms with Crippen LogP contribution in [0.25, 0.3) is 0 Å². The molecule has 0 aromatic carbocycles. The summed E-state index contributed by atoms with van der Waals surface area (Å²) in [5, 5.41) is 0. The lowest BCUT2D eigenvalue weighted by atomic mass is 10.1. The number of hydrogen-bond acceptors (Lipinski definition) is 2. The zero-order chi connectivity index (χ0) is 10.7. The van der Waals surface area contributed by atoms with Gasteiger partial charge in [0.25, 0.3) is 0 Å².